The lowest BCUT2D eigenvalue weighted by Crippen LogP contribution is -2.32. The van der Waals surface area contributed by atoms with Crippen LogP contribution in [0.5, 0.6) is 0 Å². The average Bonchev–Trinajstić information content (AvgIpc) is 2.56. The molecule has 0 bridgehead atoms. The van der Waals surface area contributed by atoms with Crippen LogP contribution in [0.1, 0.15) is 91.9 Å². The molecule has 0 saturated heterocycles. The highest BCUT2D eigenvalue weighted by atomic mass is 35.5. The molecule has 2 heteroatoms. The molecule has 2 rings (SSSR count). The standard InChI is InChI=1S/C22H38BCl/c1-18(2)22(3,4)23(16-15-19-11-7-5-8-12-19)21(24)17-20-13-9-6-10-14-20/h15-20H,5-14H2,1-4H3/b16-15+,21-17-. The molecule has 2 aliphatic carbocycles. The summed E-state index contributed by atoms with van der Waals surface area (Å²) >= 11 is 6.94. The maximum atomic E-state index is 6.94. The molecule has 2 fully saturated rings. The summed E-state index contributed by atoms with van der Waals surface area (Å²) in [6, 6.07) is 0. The molecule has 2 aliphatic rings. The Hall–Kier alpha value is -0.165. The largest absolute Gasteiger partial charge is 0.221 e. The van der Waals surface area contributed by atoms with Gasteiger partial charge in [-0.3, -0.25) is 0 Å². The molecule has 0 N–H and O–H groups in total. The molecule has 0 unspecified atom stereocenters. The van der Waals surface area contributed by atoms with Gasteiger partial charge < -0.3 is 0 Å². The van der Waals surface area contributed by atoms with Gasteiger partial charge >= 0.3 is 0 Å². The highest BCUT2D eigenvalue weighted by molar-refractivity contribution is 6.83. The van der Waals surface area contributed by atoms with E-state index >= 15 is 0 Å². The Bertz CT molecular complexity index is 423. The monoisotopic (exact) mass is 348 g/mol. The van der Waals surface area contributed by atoms with Gasteiger partial charge in [-0.05, 0) is 53.7 Å². The zero-order valence-electron chi connectivity index (χ0n) is 16.5. The Balaban J connectivity index is 2.14. The lowest BCUT2D eigenvalue weighted by Gasteiger charge is -2.35. The van der Waals surface area contributed by atoms with Crippen LogP contribution in [0.15, 0.2) is 23.1 Å². The van der Waals surface area contributed by atoms with Crippen molar-refractivity contribution in [3.05, 3.63) is 23.1 Å². The molecule has 0 spiro atoms. The van der Waals surface area contributed by atoms with E-state index in [4.69, 9.17) is 11.6 Å². The predicted molar refractivity (Wildman–Crippen MR) is 111 cm³/mol. The second-order valence-electron chi connectivity index (χ2n) is 9.19. The summed E-state index contributed by atoms with van der Waals surface area (Å²) in [5.74, 6) is 4.58. The van der Waals surface area contributed by atoms with Crippen LogP contribution in [-0.2, 0) is 0 Å². The van der Waals surface area contributed by atoms with Crippen LogP contribution in [0.2, 0.25) is 5.31 Å². The molecule has 2 saturated carbocycles. The van der Waals surface area contributed by atoms with Crippen molar-refractivity contribution in [2.45, 2.75) is 97.2 Å². The third-order valence-corrected chi connectivity index (χ3v) is 7.22. The van der Waals surface area contributed by atoms with E-state index in [-0.39, 0.29) is 5.31 Å². The first kappa shape index (κ1) is 20.2. The highest BCUT2D eigenvalue weighted by Gasteiger charge is 2.36. The van der Waals surface area contributed by atoms with Crippen molar-refractivity contribution < 1.29 is 0 Å². The van der Waals surface area contributed by atoms with Gasteiger partial charge in [-0.2, -0.15) is 0 Å². The molecular weight excluding hydrogens is 311 g/mol. The third-order valence-electron chi connectivity index (χ3n) is 6.86. The van der Waals surface area contributed by atoms with Crippen molar-refractivity contribution in [2.75, 3.05) is 0 Å². The molecule has 0 aromatic carbocycles. The minimum Gasteiger partial charge on any atom is -0.112 e. The summed E-state index contributed by atoms with van der Waals surface area (Å²) in [7, 11) is 0. The van der Waals surface area contributed by atoms with Gasteiger partial charge in [0.05, 0.1) is 0 Å². The second-order valence-corrected chi connectivity index (χ2v) is 9.62. The zero-order chi connectivity index (χ0) is 17.6. The summed E-state index contributed by atoms with van der Waals surface area (Å²) < 4.78 is 0. The van der Waals surface area contributed by atoms with Gasteiger partial charge in [0.1, 0.15) is 0 Å². The molecule has 0 atom stereocenters. The van der Waals surface area contributed by atoms with Crippen molar-refractivity contribution in [1.82, 2.24) is 0 Å². The molecule has 0 aromatic heterocycles. The van der Waals surface area contributed by atoms with Crippen LogP contribution in [0.4, 0.5) is 0 Å². The van der Waals surface area contributed by atoms with Crippen molar-refractivity contribution >= 4 is 18.3 Å². The van der Waals surface area contributed by atoms with Gasteiger partial charge in [0.15, 0.2) is 0 Å². The highest BCUT2D eigenvalue weighted by Crippen LogP contribution is 2.43. The minimum absolute atomic E-state index is 0.202. The normalized spacial score (nSPS) is 22.5. The van der Waals surface area contributed by atoms with E-state index in [9.17, 15) is 0 Å². The Morgan fingerprint density at radius 1 is 0.917 bits per heavy atom. The number of hydrogen-bond donors (Lipinski definition) is 0. The number of hydrogen-bond acceptors (Lipinski definition) is 0. The SMILES string of the molecule is CC(C)C(C)(C)B(/C=C/C1CCCCC1)/C(Cl)=C/C1CCCCC1. The van der Waals surface area contributed by atoms with Crippen LogP contribution in [0.25, 0.3) is 0 Å². The fourth-order valence-corrected chi connectivity index (χ4v) is 4.81. The maximum Gasteiger partial charge on any atom is 0.221 e. The number of allylic oxidation sites excluding steroid dienone is 2. The van der Waals surface area contributed by atoms with E-state index in [0.29, 0.717) is 18.5 Å². The van der Waals surface area contributed by atoms with E-state index in [1.807, 2.05) is 0 Å². The average molecular weight is 349 g/mol. The molecule has 0 heterocycles. The van der Waals surface area contributed by atoms with E-state index in [1.165, 1.54) is 64.2 Å². The second kappa shape index (κ2) is 9.51. The smallest absolute Gasteiger partial charge is 0.112 e. The molecule has 0 amide bonds. The lowest BCUT2D eigenvalue weighted by atomic mass is 9.31. The molecule has 136 valence electrons. The topological polar surface area (TPSA) is 0 Å². The first-order chi connectivity index (χ1) is 11.4. The van der Waals surface area contributed by atoms with Crippen molar-refractivity contribution in [1.29, 1.82) is 0 Å². The van der Waals surface area contributed by atoms with E-state index < -0.39 is 0 Å². The van der Waals surface area contributed by atoms with Crippen LogP contribution < -0.4 is 0 Å². The van der Waals surface area contributed by atoms with Gasteiger partial charge in [-0.15, -0.1) is 5.98 Å². The first-order valence-corrected chi connectivity index (χ1v) is 10.8. The molecule has 0 nitrogen and oxygen atoms in total. The third kappa shape index (κ3) is 5.68. The minimum atomic E-state index is 0.202. The van der Waals surface area contributed by atoms with Crippen molar-refractivity contribution in [3.63, 3.8) is 0 Å². The summed E-state index contributed by atoms with van der Waals surface area (Å²) in [5, 5.41) is 0.202. The summed E-state index contributed by atoms with van der Waals surface area (Å²) in [5.41, 5.74) is 0. The Morgan fingerprint density at radius 3 is 1.92 bits per heavy atom. The van der Waals surface area contributed by atoms with Gasteiger partial charge in [0, 0.05) is 0 Å². The molecule has 24 heavy (non-hydrogen) atoms. The quantitative estimate of drug-likeness (QED) is 0.429. The summed E-state index contributed by atoms with van der Waals surface area (Å²) in [6.07, 6.45) is 18.7. The van der Waals surface area contributed by atoms with E-state index in [0.717, 1.165) is 10.8 Å². The molecule has 0 aromatic rings. The first-order valence-electron chi connectivity index (χ1n) is 10.5. The summed E-state index contributed by atoms with van der Waals surface area (Å²) in [4.78, 5) is 1.10. The predicted octanol–water partition coefficient (Wildman–Crippen LogP) is 7.84. The van der Waals surface area contributed by atoms with Gasteiger partial charge in [-0.25, -0.2) is 0 Å². The zero-order valence-corrected chi connectivity index (χ0v) is 17.2. The van der Waals surface area contributed by atoms with Crippen LogP contribution >= 0.6 is 11.6 Å². The van der Waals surface area contributed by atoms with Crippen molar-refractivity contribution in [3.8, 4) is 0 Å². The van der Waals surface area contributed by atoms with Crippen LogP contribution in [0.3, 0.4) is 0 Å². The maximum absolute atomic E-state index is 6.94. The van der Waals surface area contributed by atoms with E-state index in [1.54, 1.807) is 0 Å². The lowest BCUT2D eigenvalue weighted by molar-refractivity contribution is 0.418. The summed E-state index contributed by atoms with van der Waals surface area (Å²) in [6.45, 7) is 9.83. The Morgan fingerprint density at radius 2 is 1.42 bits per heavy atom. The van der Waals surface area contributed by atoms with Gasteiger partial charge in [-0.1, -0.05) is 90.0 Å². The number of rotatable bonds is 6. The number of halogens is 1. The van der Waals surface area contributed by atoms with E-state index in [2.05, 4.69) is 45.8 Å². The Labute approximate surface area is 156 Å². The van der Waals surface area contributed by atoms with Crippen LogP contribution in [0, 0.1) is 17.8 Å². The van der Waals surface area contributed by atoms with Crippen molar-refractivity contribution in [2.24, 2.45) is 17.8 Å². The van der Waals surface area contributed by atoms with Crippen LogP contribution in [-0.4, -0.2) is 6.71 Å². The molecule has 0 aliphatic heterocycles. The fourth-order valence-electron chi connectivity index (χ4n) is 4.28. The molecular formula is C22H38BCl. The van der Waals surface area contributed by atoms with Gasteiger partial charge in [0.2, 0.25) is 6.71 Å². The van der Waals surface area contributed by atoms with Gasteiger partial charge in [0.25, 0.3) is 0 Å². The fraction of sp³-hybridized carbons (Fsp3) is 0.818. The Kier molecular flexibility index (Phi) is 7.98. The molecule has 0 radical (unpaired) electrons.